The number of amides is 1. The largest absolute Gasteiger partial charge is 0.336 e. The summed E-state index contributed by atoms with van der Waals surface area (Å²) in [5.74, 6) is 0.831. The topological polar surface area (TPSA) is 83.9 Å². The average Bonchev–Trinajstić information content (AvgIpc) is 3.19. The number of H-pyrrole nitrogens is 1. The van der Waals surface area contributed by atoms with Crippen LogP contribution in [0.2, 0.25) is 0 Å². The van der Waals surface area contributed by atoms with Gasteiger partial charge in [0, 0.05) is 30.9 Å². The molecule has 2 fully saturated rings. The third kappa shape index (κ3) is 2.64. The Morgan fingerprint density at radius 1 is 1.29 bits per heavy atom. The fraction of sp³-hybridized carbons (Fsp3) is 0.529. The molecular weight excluding hydrogens is 306 g/mol. The Morgan fingerprint density at radius 2 is 2.08 bits per heavy atom. The minimum absolute atomic E-state index is 0.133. The molecule has 7 heteroatoms. The van der Waals surface area contributed by atoms with Crippen molar-refractivity contribution in [2.75, 3.05) is 13.1 Å². The summed E-state index contributed by atoms with van der Waals surface area (Å²) in [4.78, 5) is 33.6. The lowest BCUT2D eigenvalue weighted by molar-refractivity contribution is 0.0784. The summed E-state index contributed by atoms with van der Waals surface area (Å²) >= 11 is 0. The lowest BCUT2D eigenvalue weighted by atomic mass is 10.2. The second-order valence-corrected chi connectivity index (χ2v) is 6.85. The van der Waals surface area contributed by atoms with E-state index in [-0.39, 0.29) is 23.1 Å². The number of hydrogen-bond donors (Lipinski definition) is 1. The van der Waals surface area contributed by atoms with Gasteiger partial charge in [0.1, 0.15) is 11.4 Å². The van der Waals surface area contributed by atoms with E-state index in [1.165, 1.54) is 6.20 Å². The molecule has 1 atom stereocenters. The molecular formula is C17H21N5O2. The van der Waals surface area contributed by atoms with Crippen molar-refractivity contribution in [1.82, 2.24) is 24.6 Å². The van der Waals surface area contributed by atoms with Gasteiger partial charge in [0.05, 0.1) is 11.7 Å². The minimum Gasteiger partial charge on any atom is -0.336 e. The van der Waals surface area contributed by atoms with Crippen LogP contribution >= 0.6 is 0 Å². The van der Waals surface area contributed by atoms with Crippen molar-refractivity contribution in [1.29, 1.82) is 0 Å². The second-order valence-electron chi connectivity index (χ2n) is 6.85. The zero-order valence-corrected chi connectivity index (χ0v) is 14.0. The molecule has 1 N–H and O–H groups in total. The first-order valence-electron chi connectivity index (χ1n) is 8.44. The van der Waals surface area contributed by atoms with Gasteiger partial charge in [-0.1, -0.05) is 0 Å². The molecule has 2 aliphatic rings. The lowest BCUT2D eigenvalue weighted by Crippen LogP contribution is -2.34. The Labute approximate surface area is 139 Å². The summed E-state index contributed by atoms with van der Waals surface area (Å²) in [7, 11) is 0. The highest BCUT2D eigenvalue weighted by Crippen LogP contribution is 2.37. The highest BCUT2D eigenvalue weighted by molar-refractivity contribution is 5.93. The van der Waals surface area contributed by atoms with Crippen molar-refractivity contribution in [2.45, 2.75) is 45.1 Å². The molecule has 1 aliphatic carbocycles. The number of aromatic nitrogens is 4. The maximum absolute atomic E-state index is 12.7. The van der Waals surface area contributed by atoms with Gasteiger partial charge >= 0.3 is 0 Å². The molecule has 1 aliphatic heterocycles. The van der Waals surface area contributed by atoms with Crippen molar-refractivity contribution >= 4 is 5.91 Å². The van der Waals surface area contributed by atoms with Crippen LogP contribution in [-0.4, -0.2) is 43.6 Å². The number of rotatable bonds is 3. The molecule has 0 unspecified atom stereocenters. The smallest absolute Gasteiger partial charge is 0.263 e. The van der Waals surface area contributed by atoms with Gasteiger partial charge in [-0.3, -0.25) is 14.3 Å². The maximum atomic E-state index is 12.7. The molecule has 1 saturated carbocycles. The molecule has 126 valence electrons. The molecule has 24 heavy (non-hydrogen) atoms. The van der Waals surface area contributed by atoms with Gasteiger partial charge in [-0.25, -0.2) is 4.98 Å². The summed E-state index contributed by atoms with van der Waals surface area (Å²) in [5.41, 5.74) is 1.88. The standard InChI is InChI=1S/C17H21N5O2/c1-10-7-11(2)22(20-10)13-5-6-21(9-13)17(24)14-8-18-15(12-3-4-12)19-16(14)23/h7-8,12-13H,3-6,9H2,1-2H3,(H,18,19,23)/t13-/m1/s1. The monoisotopic (exact) mass is 327 g/mol. The van der Waals surface area contributed by atoms with E-state index in [0.717, 1.165) is 30.7 Å². The second kappa shape index (κ2) is 5.58. The van der Waals surface area contributed by atoms with Gasteiger partial charge < -0.3 is 9.88 Å². The average molecular weight is 327 g/mol. The zero-order chi connectivity index (χ0) is 16.8. The van der Waals surface area contributed by atoms with Crippen molar-refractivity contribution in [2.24, 2.45) is 0 Å². The highest BCUT2D eigenvalue weighted by atomic mass is 16.2. The van der Waals surface area contributed by atoms with Gasteiger partial charge in [0.15, 0.2) is 0 Å². The predicted molar refractivity (Wildman–Crippen MR) is 88.1 cm³/mol. The first-order valence-corrected chi connectivity index (χ1v) is 8.44. The number of aryl methyl sites for hydroxylation is 2. The van der Waals surface area contributed by atoms with E-state index >= 15 is 0 Å². The zero-order valence-electron chi connectivity index (χ0n) is 14.0. The van der Waals surface area contributed by atoms with Crippen LogP contribution in [0.25, 0.3) is 0 Å². The molecule has 2 aromatic rings. The summed E-state index contributed by atoms with van der Waals surface area (Å²) in [6, 6.07) is 2.20. The number of nitrogens with zero attached hydrogens (tertiary/aromatic N) is 4. The highest BCUT2D eigenvalue weighted by Gasteiger charge is 2.31. The van der Waals surface area contributed by atoms with Crippen molar-refractivity contribution in [3.63, 3.8) is 0 Å². The SMILES string of the molecule is Cc1cc(C)n([C@@H]2CCN(C(=O)c3cnc(C4CC4)[nH]c3=O)C2)n1. The Hall–Kier alpha value is -2.44. The number of carbonyl (C=O) groups is 1. The van der Waals surface area contributed by atoms with Crippen molar-refractivity contribution in [3.8, 4) is 0 Å². The number of hydrogen-bond acceptors (Lipinski definition) is 4. The van der Waals surface area contributed by atoms with E-state index in [0.29, 0.717) is 24.8 Å². The Balaban J connectivity index is 1.51. The fourth-order valence-electron chi connectivity index (χ4n) is 3.44. The van der Waals surface area contributed by atoms with Crippen LogP contribution in [0.5, 0.6) is 0 Å². The summed E-state index contributed by atoms with van der Waals surface area (Å²) in [6.45, 7) is 5.19. The van der Waals surface area contributed by atoms with Crippen LogP contribution in [0.4, 0.5) is 0 Å². The third-order valence-electron chi connectivity index (χ3n) is 4.85. The van der Waals surface area contributed by atoms with Gasteiger partial charge in [0.2, 0.25) is 0 Å². The van der Waals surface area contributed by atoms with Crippen LogP contribution in [-0.2, 0) is 0 Å². The third-order valence-corrected chi connectivity index (χ3v) is 4.85. The number of likely N-dealkylation sites (tertiary alicyclic amines) is 1. The molecule has 2 aromatic heterocycles. The van der Waals surface area contributed by atoms with Crippen LogP contribution in [0.1, 0.15) is 58.8 Å². The maximum Gasteiger partial charge on any atom is 0.263 e. The normalized spacial score (nSPS) is 20.6. The van der Waals surface area contributed by atoms with Crippen molar-refractivity contribution < 1.29 is 4.79 Å². The fourth-order valence-corrected chi connectivity index (χ4v) is 3.44. The van der Waals surface area contributed by atoms with Crippen LogP contribution < -0.4 is 5.56 Å². The first kappa shape index (κ1) is 15.1. The van der Waals surface area contributed by atoms with Crippen LogP contribution in [0.15, 0.2) is 17.1 Å². The summed E-state index contributed by atoms with van der Waals surface area (Å²) < 4.78 is 1.99. The molecule has 3 heterocycles. The number of nitrogens with one attached hydrogen (secondary N) is 1. The van der Waals surface area contributed by atoms with E-state index in [1.807, 2.05) is 24.6 Å². The Bertz CT molecular complexity index is 849. The van der Waals surface area contributed by atoms with Gasteiger partial charge in [0.25, 0.3) is 11.5 Å². The molecule has 0 spiro atoms. The van der Waals surface area contributed by atoms with Gasteiger partial charge in [-0.05, 0) is 39.2 Å². The Morgan fingerprint density at radius 3 is 2.71 bits per heavy atom. The van der Waals surface area contributed by atoms with Crippen molar-refractivity contribution in [3.05, 3.63) is 45.4 Å². The van der Waals surface area contributed by atoms with E-state index in [4.69, 9.17) is 0 Å². The van der Waals surface area contributed by atoms with E-state index < -0.39 is 0 Å². The van der Waals surface area contributed by atoms with Gasteiger partial charge in [-0.2, -0.15) is 5.10 Å². The van der Waals surface area contributed by atoms with E-state index in [9.17, 15) is 9.59 Å². The molecule has 0 aromatic carbocycles. The number of carbonyl (C=O) groups excluding carboxylic acids is 1. The Kier molecular flexibility index (Phi) is 3.51. The lowest BCUT2D eigenvalue weighted by Gasteiger charge is -2.17. The molecule has 7 nitrogen and oxygen atoms in total. The quantitative estimate of drug-likeness (QED) is 0.927. The van der Waals surface area contributed by atoms with Crippen LogP contribution in [0, 0.1) is 13.8 Å². The summed E-state index contributed by atoms with van der Waals surface area (Å²) in [6.07, 6.45) is 4.41. The summed E-state index contributed by atoms with van der Waals surface area (Å²) in [5, 5.41) is 4.51. The number of aromatic amines is 1. The van der Waals surface area contributed by atoms with Crippen LogP contribution in [0.3, 0.4) is 0 Å². The minimum atomic E-state index is -0.327. The first-order chi connectivity index (χ1) is 11.5. The predicted octanol–water partition coefficient (Wildman–Crippen LogP) is 1.55. The molecule has 1 saturated heterocycles. The van der Waals surface area contributed by atoms with Gasteiger partial charge in [-0.15, -0.1) is 0 Å². The molecule has 0 radical (unpaired) electrons. The molecule has 4 rings (SSSR count). The van der Waals surface area contributed by atoms with E-state index in [1.54, 1.807) is 4.90 Å². The van der Waals surface area contributed by atoms with E-state index in [2.05, 4.69) is 15.1 Å². The molecule has 0 bridgehead atoms. The molecule has 1 amide bonds.